The fourth-order valence-electron chi connectivity index (χ4n) is 0.924. The van der Waals surface area contributed by atoms with Gasteiger partial charge in [0.15, 0.2) is 0 Å². The van der Waals surface area contributed by atoms with E-state index in [2.05, 4.69) is 0 Å². The van der Waals surface area contributed by atoms with Crippen LogP contribution in [0, 0.1) is 5.41 Å². The van der Waals surface area contributed by atoms with Crippen molar-refractivity contribution in [2.75, 3.05) is 5.73 Å². The van der Waals surface area contributed by atoms with Gasteiger partial charge in [-0.15, -0.1) is 0 Å². The molecule has 8 N–H and O–H groups in total. The minimum absolute atomic E-state index is 0.144. The summed E-state index contributed by atoms with van der Waals surface area (Å²) in [4.78, 5) is 0. The zero-order valence-electron chi connectivity index (χ0n) is 7.49. The number of nitrogen functional groups attached to an aromatic ring is 1. The molecule has 1 rings (SSSR count). The first-order valence-corrected chi connectivity index (χ1v) is 3.91. The number of hydrogen-bond donors (Lipinski definition) is 5. The van der Waals surface area contributed by atoms with Gasteiger partial charge in [-0.05, 0) is 24.3 Å². The fourth-order valence-corrected chi connectivity index (χ4v) is 0.924. The monoisotopic (exact) mass is 192 g/mol. The van der Waals surface area contributed by atoms with E-state index in [0.29, 0.717) is 11.3 Å². The molecule has 0 aromatic heterocycles. The summed E-state index contributed by atoms with van der Waals surface area (Å²) in [7, 11) is 0. The Morgan fingerprint density at radius 2 is 1.64 bits per heavy atom. The molecule has 0 radical (unpaired) electrons. The van der Waals surface area contributed by atoms with Gasteiger partial charge in [-0.2, -0.15) is 0 Å². The van der Waals surface area contributed by atoms with Crippen molar-refractivity contribution in [3.05, 3.63) is 35.5 Å². The second-order valence-electron chi connectivity index (χ2n) is 2.80. The summed E-state index contributed by atoms with van der Waals surface area (Å²) >= 11 is 0. The van der Waals surface area contributed by atoms with Gasteiger partial charge in [-0.3, -0.25) is 5.41 Å². The van der Waals surface area contributed by atoms with Crippen LogP contribution in [0.4, 0.5) is 5.69 Å². The Bertz CT molecular complexity index is 380. The molecule has 0 saturated heterocycles. The van der Waals surface area contributed by atoms with Gasteiger partial charge in [-0.1, -0.05) is 0 Å². The van der Waals surface area contributed by atoms with E-state index in [9.17, 15) is 5.11 Å². The van der Waals surface area contributed by atoms with Crippen molar-refractivity contribution in [3.8, 4) is 0 Å². The Hall–Kier alpha value is -2.17. The second-order valence-corrected chi connectivity index (χ2v) is 2.80. The Kier molecular flexibility index (Phi) is 2.62. The molecule has 0 aliphatic carbocycles. The number of aliphatic hydroxyl groups is 1. The molecular formula is C9H12N4O. The quantitative estimate of drug-likeness (QED) is 0.201. The van der Waals surface area contributed by atoms with Crippen LogP contribution in [-0.2, 0) is 0 Å². The first-order chi connectivity index (χ1) is 6.52. The maximum Gasteiger partial charge on any atom is 0.149 e. The van der Waals surface area contributed by atoms with E-state index in [4.69, 9.17) is 22.6 Å². The van der Waals surface area contributed by atoms with E-state index >= 15 is 0 Å². The average Bonchev–Trinajstić information content (AvgIpc) is 2.16. The van der Waals surface area contributed by atoms with Gasteiger partial charge in [0.1, 0.15) is 17.3 Å². The molecule has 0 fully saturated rings. The predicted molar refractivity (Wildman–Crippen MR) is 56.5 cm³/mol. The number of hydrogen-bond acceptors (Lipinski definition) is 4. The predicted octanol–water partition coefficient (Wildman–Crippen LogP) is 0.390. The molecule has 0 aliphatic heterocycles. The van der Waals surface area contributed by atoms with Crippen molar-refractivity contribution in [2.45, 2.75) is 0 Å². The van der Waals surface area contributed by atoms with Crippen LogP contribution < -0.4 is 17.2 Å². The largest absolute Gasteiger partial charge is 0.505 e. The van der Waals surface area contributed by atoms with Crippen LogP contribution in [0.25, 0.3) is 5.76 Å². The first-order valence-electron chi connectivity index (χ1n) is 3.91. The summed E-state index contributed by atoms with van der Waals surface area (Å²) in [6.45, 7) is 0. The zero-order valence-corrected chi connectivity index (χ0v) is 7.49. The van der Waals surface area contributed by atoms with Gasteiger partial charge in [0, 0.05) is 11.3 Å². The normalized spacial score (nSPS) is 12.0. The Labute approximate surface area is 81.3 Å². The number of rotatable bonds is 2. The molecule has 0 saturated carbocycles. The number of nitrogens with two attached hydrogens (primary N) is 3. The molecule has 0 spiro atoms. The molecule has 0 amide bonds. The Morgan fingerprint density at radius 1 is 1.14 bits per heavy atom. The number of nitrogens with one attached hydrogen (secondary N) is 1. The van der Waals surface area contributed by atoms with Crippen molar-refractivity contribution in [1.29, 1.82) is 5.41 Å². The van der Waals surface area contributed by atoms with E-state index < -0.39 is 0 Å². The van der Waals surface area contributed by atoms with Crippen molar-refractivity contribution in [3.63, 3.8) is 0 Å². The van der Waals surface area contributed by atoms with Crippen LogP contribution in [0.1, 0.15) is 5.56 Å². The van der Waals surface area contributed by atoms with Gasteiger partial charge >= 0.3 is 0 Å². The lowest BCUT2D eigenvalue weighted by molar-refractivity contribution is 0.508. The zero-order chi connectivity index (χ0) is 10.7. The highest BCUT2D eigenvalue weighted by Crippen LogP contribution is 2.14. The van der Waals surface area contributed by atoms with Crippen LogP contribution in [0.3, 0.4) is 0 Å². The highest BCUT2D eigenvalue weighted by atomic mass is 16.3. The van der Waals surface area contributed by atoms with Gasteiger partial charge in [0.2, 0.25) is 0 Å². The molecule has 0 unspecified atom stereocenters. The molecule has 0 atom stereocenters. The van der Waals surface area contributed by atoms with Crippen LogP contribution >= 0.6 is 0 Å². The third kappa shape index (κ3) is 1.95. The molecule has 1 aromatic rings. The number of benzene rings is 1. The lowest BCUT2D eigenvalue weighted by Crippen LogP contribution is -2.21. The SMILES string of the molecule is N=C(N)C(N)=C(O)c1ccc(N)cc1. The maximum atomic E-state index is 9.54. The topological polar surface area (TPSA) is 122 Å². The van der Waals surface area contributed by atoms with Crippen molar-refractivity contribution in [2.24, 2.45) is 11.5 Å². The summed E-state index contributed by atoms with van der Waals surface area (Å²) in [5.74, 6) is -0.572. The molecule has 14 heavy (non-hydrogen) atoms. The van der Waals surface area contributed by atoms with Crippen LogP contribution in [0.15, 0.2) is 30.0 Å². The lowest BCUT2D eigenvalue weighted by Gasteiger charge is -2.04. The van der Waals surface area contributed by atoms with Crippen LogP contribution in [0.5, 0.6) is 0 Å². The number of anilines is 1. The van der Waals surface area contributed by atoms with E-state index in [0.717, 1.165) is 0 Å². The summed E-state index contributed by atoms with van der Waals surface area (Å²) in [5, 5.41) is 16.6. The van der Waals surface area contributed by atoms with Crippen molar-refractivity contribution in [1.82, 2.24) is 0 Å². The maximum absolute atomic E-state index is 9.54. The second kappa shape index (κ2) is 3.69. The van der Waals surface area contributed by atoms with E-state index in [1.807, 2.05) is 0 Å². The van der Waals surface area contributed by atoms with Gasteiger partial charge in [0.25, 0.3) is 0 Å². The molecule has 5 heteroatoms. The Morgan fingerprint density at radius 3 is 2.07 bits per heavy atom. The van der Waals surface area contributed by atoms with E-state index in [-0.39, 0.29) is 17.3 Å². The van der Waals surface area contributed by atoms with Crippen LogP contribution in [-0.4, -0.2) is 10.9 Å². The third-order valence-corrected chi connectivity index (χ3v) is 1.73. The highest BCUT2D eigenvalue weighted by molar-refractivity contribution is 5.99. The standard InChI is InChI=1S/C9H12N4O/c10-6-3-1-5(2-4-6)8(14)7(11)9(12)13/h1-4,14H,10-11H2,(H3,12,13). The van der Waals surface area contributed by atoms with Crippen molar-refractivity contribution >= 4 is 17.3 Å². The molecule has 1 aromatic carbocycles. The van der Waals surface area contributed by atoms with Crippen LogP contribution in [0.2, 0.25) is 0 Å². The van der Waals surface area contributed by atoms with Gasteiger partial charge in [0.05, 0.1) is 0 Å². The molecule has 5 nitrogen and oxygen atoms in total. The molecule has 0 aliphatic rings. The Balaban J connectivity index is 3.12. The van der Waals surface area contributed by atoms with E-state index in [1.54, 1.807) is 24.3 Å². The fraction of sp³-hybridized carbons (Fsp3) is 0. The first kappa shape index (κ1) is 9.91. The number of aliphatic hydroxyl groups excluding tert-OH is 1. The summed E-state index contributed by atoms with van der Waals surface area (Å²) in [5.41, 5.74) is 16.9. The highest BCUT2D eigenvalue weighted by Gasteiger charge is 2.06. The third-order valence-electron chi connectivity index (χ3n) is 1.73. The summed E-state index contributed by atoms with van der Waals surface area (Å²) in [6.07, 6.45) is 0. The van der Waals surface area contributed by atoms with Gasteiger partial charge < -0.3 is 22.3 Å². The van der Waals surface area contributed by atoms with E-state index in [1.165, 1.54) is 0 Å². The lowest BCUT2D eigenvalue weighted by atomic mass is 10.1. The number of amidine groups is 1. The molecule has 0 heterocycles. The van der Waals surface area contributed by atoms with Gasteiger partial charge in [-0.25, -0.2) is 0 Å². The summed E-state index contributed by atoms with van der Waals surface area (Å²) in [6, 6.07) is 6.44. The molecule has 0 bridgehead atoms. The molecular weight excluding hydrogens is 180 g/mol. The smallest absolute Gasteiger partial charge is 0.149 e. The molecule has 74 valence electrons. The minimum Gasteiger partial charge on any atom is -0.505 e. The van der Waals surface area contributed by atoms with Crippen molar-refractivity contribution < 1.29 is 5.11 Å². The minimum atomic E-state index is -0.362. The summed E-state index contributed by atoms with van der Waals surface area (Å²) < 4.78 is 0. The average molecular weight is 192 g/mol.